The molecule has 0 bridgehead atoms. The van der Waals surface area contributed by atoms with Crippen molar-refractivity contribution in [2.24, 2.45) is 0 Å². The molecule has 4 atom stereocenters. The van der Waals surface area contributed by atoms with Crippen LogP contribution in [0.2, 0.25) is 0 Å². The van der Waals surface area contributed by atoms with Gasteiger partial charge in [-0.25, -0.2) is 0 Å². The van der Waals surface area contributed by atoms with Gasteiger partial charge >= 0.3 is 6.18 Å². The van der Waals surface area contributed by atoms with Crippen LogP contribution in [0.1, 0.15) is 23.6 Å². The van der Waals surface area contributed by atoms with Crippen molar-refractivity contribution < 1.29 is 28.5 Å². The fourth-order valence-corrected chi connectivity index (χ4v) is 3.52. The number of rotatable bonds is 7. The quantitative estimate of drug-likeness (QED) is 0.483. The smallest absolute Gasteiger partial charge is 0.394 e. The monoisotopic (exact) mass is 410 g/mol. The highest BCUT2D eigenvalue weighted by atomic mass is 19.4. The third-order valence-corrected chi connectivity index (χ3v) is 5.28. The lowest BCUT2D eigenvalue weighted by Crippen LogP contribution is -2.37. The maximum absolute atomic E-state index is 12.7. The van der Waals surface area contributed by atoms with E-state index in [0.717, 1.165) is 23.3 Å². The van der Waals surface area contributed by atoms with Gasteiger partial charge in [0, 0.05) is 12.6 Å². The van der Waals surface area contributed by atoms with Crippen LogP contribution >= 0.6 is 0 Å². The summed E-state index contributed by atoms with van der Waals surface area (Å²) in [5.74, 6) is 0. The number of halogens is 3. The third kappa shape index (κ3) is 5.34. The summed E-state index contributed by atoms with van der Waals surface area (Å²) in [7, 11) is 0. The van der Waals surface area contributed by atoms with E-state index >= 15 is 0 Å². The highest BCUT2D eigenvalue weighted by molar-refractivity contribution is 5.64. The molecule has 1 fully saturated rings. The summed E-state index contributed by atoms with van der Waals surface area (Å²) < 4.78 is 38.0. The second-order valence-corrected chi connectivity index (χ2v) is 7.25. The van der Waals surface area contributed by atoms with Crippen molar-refractivity contribution >= 4 is 0 Å². The fraction of sp³-hybridized carbons (Fsp3) is 0.429. The van der Waals surface area contributed by atoms with Crippen LogP contribution in [0.25, 0.3) is 11.1 Å². The largest absolute Gasteiger partial charge is 0.416 e. The summed E-state index contributed by atoms with van der Waals surface area (Å²) in [6, 6.07) is 11.8. The zero-order valence-electron chi connectivity index (χ0n) is 15.7. The molecule has 8 heteroatoms. The number of aliphatic hydroxyl groups excluding tert-OH is 3. The van der Waals surface area contributed by atoms with Crippen LogP contribution in [0, 0.1) is 0 Å². The Balaban J connectivity index is 1.59. The average Bonchev–Trinajstić information content (AvgIpc) is 3.03. The number of nitrogens with one attached hydrogen (secondary N) is 2. The van der Waals surface area contributed by atoms with Crippen molar-refractivity contribution in [3.8, 4) is 11.1 Å². The summed E-state index contributed by atoms with van der Waals surface area (Å²) in [6.07, 6.45) is -5.32. The molecule has 0 saturated carbocycles. The zero-order chi connectivity index (χ0) is 21.0. The first-order valence-corrected chi connectivity index (χ1v) is 9.51. The molecular formula is C21H25F3N2O3. The second-order valence-electron chi connectivity index (χ2n) is 7.25. The van der Waals surface area contributed by atoms with Gasteiger partial charge in [0.05, 0.1) is 30.4 Å². The molecule has 1 heterocycles. The summed E-state index contributed by atoms with van der Waals surface area (Å²) in [5.41, 5.74) is 1.63. The zero-order valence-corrected chi connectivity index (χ0v) is 15.7. The first kappa shape index (κ1) is 21.7. The maximum atomic E-state index is 12.7. The van der Waals surface area contributed by atoms with E-state index in [2.05, 4.69) is 10.6 Å². The van der Waals surface area contributed by atoms with Crippen LogP contribution in [0.15, 0.2) is 48.5 Å². The van der Waals surface area contributed by atoms with Crippen molar-refractivity contribution in [1.82, 2.24) is 10.6 Å². The van der Waals surface area contributed by atoms with E-state index in [1.54, 1.807) is 12.1 Å². The van der Waals surface area contributed by atoms with Gasteiger partial charge in [-0.15, -0.1) is 0 Å². The van der Waals surface area contributed by atoms with Gasteiger partial charge in [0.1, 0.15) is 0 Å². The number of hydrogen-bond acceptors (Lipinski definition) is 5. The van der Waals surface area contributed by atoms with Crippen LogP contribution in [0.4, 0.5) is 13.2 Å². The highest BCUT2D eigenvalue weighted by Gasteiger charge is 2.32. The molecule has 1 aliphatic rings. The Morgan fingerprint density at radius 1 is 1.00 bits per heavy atom. The van der Waals surface area contributed by atoms with Crippen molar-refractivity contribution in [3.63, 3.8) is 0 Å². The molecule has 0 amide bonds. The van der Waals surface area contributed by atoms with Crippen LogP contribution in [-0.2, 0) is 6.18 Å². The Bertz CT molecular complexity index is 781. The van der Waals surface area contributed by atoms with E-state index in [1.165, 1.54) is 12.1 Å². The number of benzene rings is 2. The normalized spacial score (nSPS) is 23.3. The molecule has 158 valence electrons. The SMILES string of the molecule is OCC(NCC[C@@H]1NC[C@H](O)[C@@H]1O)c1ccc(-c2ccc(C(F)(F)F)cc2)cc1. The summed E-state index contributed by atoms with van der Waals surface area (Å²) >= 11 is 0. The predicted molar refractivity (Wildman–Crippen MR) is 103 cm³/mol. The molecular weight excluding hydrogens is 385 g/mol. The lowest BCUT2D eigenvalue weighted by Gasteiger charge is -2.20. The van der Waals surface area contributed by atoms with E-state index < -0.39 is 23.9 Å². The molecule has 0 radical (unpaired) electrons. The highest BCUT2D eigenvalue weighted by Crippen LogP contribution is 2.31. The van der Waals surface area contributed by atoms with E-state index in [1.807, 2.05) is 12.1 Å². The van der Waals surface area contributed by atoms with Gasteiger partial charge in [-0.1, -0.05) is 36.4 Å². The van der Waals surface area contributed by atoms with E-state index in [-0.39, 0.29) is 18.7 Å². The van der Waals surface area contributed by atoms with Gasteiger partial charge in [-0.2, -0.15) is 13.2 Å². The number of alkyl halides is 3. The number of β-amino-alcohol motifs (C(OH)–C–C–N with tert-alkyl or cyclic N) is 1. The lowest BCUT2D eigenvalue weighted by molar-refractivity contribution is -0.137. The molecule has 5 nitrogen and oxygen atoms in total. The van der Waals surface area contributed by atoms with Gasteiger partial charge in [0.2, 0.25) is 0 Å². The molecule has 5 N–H and O–H groups in total. The Morgan fingerprint density at radius 2 is 1.59 bits per heavy atom. The Labute approximate surface area is 167 Å². The van der Waals surface area contributed by atoms with E-state index in [9.17, 15) is 28.5 Å². The topological polar surface area (TPSA) is 84.8 Å². The standard InChI is InChI=1S/C21H25F3N2O3/c22-21(23,24)16-7-5-14(6-8-16)13-1-3-15(4-2-13)18(12-27)25-10-9-17-20(29)19(28)11-26-17/h1-8,17-20,25-29H,9-12H2/t17-,18?,19-,20+/m0/s1. The van der Waals surface area contributed by atoms with Crippen molar-refractivity contribution in [2.75, 3.05) is 19.7 Å². The summed E-state index contributed by atoms with van der Waals surface area (Å²) in [4.78, 5) is 0. The molecule has 3 rings (SSSR count). The van der Waals surface area contributed by atoms with Crippen molar-refractivity contribution in [3.05, 3.63) is 59.7 Å². The van der Waals surface area contributed by atoms with Crippen molar-refractivity contribution in [1.29, 1.82) is 0 Å². The van der Waals surface area contributed by atoms with Gasteiger partial charge in [0.15, 0.2) is 0 Å². The minimum absolute atomic E-state index is 0.122. The minimum Gasteiger partial charge on any atom is -0.394 e. The number of aliphatic hydroxyl groups is 3. The fourth-order valence-electron chi connectivity index (χ4n) is 3.52. The number of hydrogen-bond donors (Lipinski definition) is 5. The molecule has 0 aliphatic carbocycles. The second kappa shape index (κ2) is 9.23. The molecule has 0 aromatic heterocycles. The summed E-state index contributed by atoms with van der Waals surface area (Å²) in [6.45, 7) is 0.775. The molecule has 2 aromatic rings. The molecule has 0 spiro atoms. The Kier molecular flexibility index (Phi) is 6.92. The van der Waals surface area contributed by atoms with Crippen LogP contribution in [-0.4, -0.2) is 53.3 Å². The lowest BCUT2D eigenvalue weighted by atomic mass is 9.99. The van der Waals surface area contributed by atoms with Gasteiger partial charge in [0.25, 0.3) is 0 Å². The van der Waals surface area contributed by atoms with E-state index in [4.69, 9.17) is 0 Å². The predicted octanol–water partition coefficient (Wildman–Crippen LogP) is 2.08. The van der Waals surface area contributed by atoms with Gasteiger partial charge in [-0.3, -0.25) is 0 Å². The molecule has 1 unspecified atom stereocenters. The first-order chi connectivity index (χ1) is 13.8. The molecule has 29 heavy (non-hydrogen) atoms. The van der Waals surface area contributed by atoms with E-state index in [0.29, 0.717) is 25.1 Å². The Morgan fingerprint density at radius 3 is 2.07 bits per heavy atom. The van der Waals surface area contributed by atoms with Crippen molar-refractivity contribution in [2.45, 2.75) is 36.9 Å². The molecule has 2 aromatic carbocycles. The van der Waals surface area contributed by atoms with Gasteiger partial charge < -0.3 is 26.0 Å². The molecule has 1 aliphatic heterocycles. The van der Waals surface area contributed by atoms with Crippen LogP contribution in [0.5, 0.6) is 0 Å². The van der Waals surface area contributed by atoms with Crippen LogP contribution in [0.3, 0.4) is 0 Å². The Hall–Kier alpha value is -1.97. The molecule has 1 saturated heterocycles. The maximum Gasteiger partial charge on any atom is 0.416 e. The average molecular weight is 410 g/mol. The summed E-state index contributed by atoms with van der Waals surface area (Å²) in [5, 5.41) is 35.4. The van der Waals surface area contributed by atoms with Crippen LogP contribution < -0.4 is 10.6 Å². The minimum atomic E-state index is -4.36. The third-order valence-electron chi connectivity index (χ3n) is 5.28. The first-order valence-electron chi connectivity index (χ1n) is 9.51. The van der Waals surface area contributed by atoms with Gasteiger partial charge in [-0.05, 0) is 41.8 Å².